The molecule has 0 fully saturated rings. The Morgan fingerprint density at radius 3 is 2.36 bits per heavy atom. The number of rotatable bonds is 3. The fourth-order valence-corrected chi connectivity index (χ4v) is 1.16. The third-order valence-electron chi connectivity index (χ3n) is 2.18. The van der Waals surface area contributed by atoms with E-state index in [1.807, 2.05) is 20.8 Å². The highest BCUT2D eigenvalue weighted by atomic mass is 15.0. The summed E-state index contributed by atoms with van der Waals surface area (Å²) in [7, 11) is 1.80. The Morgan fingerprint density at radius 2 is 1.86 bits per heavy atom. The first kappa shape index (κ1) is 10.6. The first-order valence-electron chi connectivity index (χ1n) is 4.71. The van der Waals surface area contributed by atoms with E-state index in [0.29, 0.717) is 23.6 Å². The van der Waals surface area contributed by atoms with Crippen molar-refractivity contribution in [3.63, 3.8) is 0 Å². The molecule has 1 aromatic rings. The van der Waals surface area contributed by atoms with Gasteiger partial charge in [0.1, 0.15) is 5.69 Å². The molecule has 0 saturated carbocycles. The highest BCUT2D eigenvalue weighted by Crippen LogP contribution is 2.14. The van der Waals surface area contributed by atoms with Crippen LogP contribution in [0, 0.1) is 19.3 Å². The second-order valence-corrected chi connectivity index (χ2v) is 3.17. The van der Waals surface area contributed by atoms with E-state index in [1.54, 1.807) is 7.05 Å². The molecule has 0 aliphatic heterocycles. The molecule has 0 saturated heterocycles. The van der Waals surface area contributed by atoms with Crippen LogP contribution in [0.3, 0.4) is 0 Å². The molecular weight excluding hydrogens is 176 g/mol. The molecule has 0 unspecified atom stereocenters. The van der Waals surface area contributed by atoms with E-state index in [2.05, 4.69) is 15.3 Å². The Balaban J connectivity index is 3.27. The number of hydrogen-bond acceptors (Lipinski definition) is 4. The van der Waals surface area contributed by atoms with Crippen molar-refractivity contribution in [3.8, 4) is 0 Å². The number of anilines is 1. The average molecular weight is 192 g/mol. The van der Waals surface area contributed by atoms with E-state index in [1.165, 1.54) is 0 Å². The predicted molar refractivity (Wildman–Crippen MR) is 58.2 cm³/mol. The number of hydrogen-bond donors (Lipinski definition) is 2. The summed E-state index contributed by atoms with van der Waals surface area (Å²) in [6.07, 6.45) is 0.672. The van der Waals surface area contributed by atoms with Crippen molar-refractivity contribution >= 4 is 11.5 Å². The number of aryl methyl sites for hydroxylation is 2. The maximum atomic E-state index is 7.75. The van der Waals surface area contributed by atoms with Gasteiger partial charge in [-0.1, -0.05) is 6.92 Å². The summed E-state index contributed by atoms with van der Waals surface area (Å²) in [5.41, 5.74) is 2.97. The molecule has 1 heterocycles. The van der Waals surface area contributed by atoms with E-state index in [-0.39, 0.29) is 0 Å². The van der Waals surface area contributed by atoms with Crippen molar-refractivity contribution in [1.29, 1.82) is 5.41 Å². The molecule has 0 bridgehead atoms. The van der Waals surface area contributed by atoms with Gasteiger partial charge in [0.15, 0.2) is 5.82 Å². The average Bonchev–Trinajstić information content (AvgIpc) is 2.20. The molecule has 14 heavy (non-hydrogen) atoms. The van der Waals surface area contributed by atoms with E-state index in [0.717, 1.165) is 11.4 Å². The summed E-state index contributed by atoms with van der Waals surface area (Å²) < 4.78 is 0. The van der Waals surface area contributed by atoms with Crippen molar-refractivity contribution in [3.05, 3.63) is 17.1 Å². The Morgan fingerprint density at radius 1 is 1.29 bits per heavy atom. The zero-order valence-electron chi connectivity index (χ0n) is 9.10. The van der Waals surface area contributed by atoms with Gasteiger partial charge in [-0.2, -0.15) is 0 Å². The van der Waals surface area contributed by atoms with Gasteiger partial charge in [-0.25, -0.2) is 9.97 Å². The SMILES string of the molecule is CCC(=N)c1nc(C)c(C)nc1NC. The normalized spacial score (nSPS) is 10.0. The lowest BCUT2D eigenvalue weighted by molar-refractivity contribution is 1.02. The third-order valence-corrected chi connectivity index (χ3v) is 2.18. The van der Waals surface area contributed by atoms with E-state index < -0.39 is 0 Å². The van der Waals surface area contributed by atoms with Gasteiger partial charge in [-0.05, 0) is 20.3 Å². The van der Waals surface area contributed by atoms with Crippen molar-refractivity contribution in [2.24, 2.45) is 0 Å². The maximum absolute atomic E-state index is 7.75. The van der Waals surface area contributed by atoms with E-state index in [4.69, 9.17) is 5.41 Å². The van der Waals surface area contributed by atoms with Gasteiger partial charge in [0, 0.05) is 7.05 Å². The van der Waals surface area contributed by atoms with Crippen LogP contribution in [0.2, 0.25) is 0 Å². The van der Waals surface area contributed by atoms with Gasteiger partial charge in [-0.15, -0.1) is 0 Å². The molecule has 0 aliphatic carbocycles. The third kappa shape index (κ3) is 1.89. The number of nitrogens with one attached hydrogen (secondary N) is 2. The lowest BCUT2D eigenvalue weighted by atomic mass is 10.2. The fourth-order valence-electron chi connectivity index (χ4n) is 1.16. The van der Waals surface area contributed by atoms with Crippen molar-refractivity contribution in [1.82, 2.24) is 9.97 Å². The first-order chi connectivity index (χ1) is 6.60. The summed E-state index contributed by atoms with van der Waals surface area (Å²) in [6.45, 7) is 5.77. The molecule has 1 aromatic heterocycles. The van der Waals surface area contributed by atoms with Gasteiger partial charge in [-0.3, -0.25) is 0 Å². The van der Waals surface area contributed by atoms with Gasteiger partial charge in [0.05, 0.1) is 17.1 Å². The lowest BCUT2D eigenvalue weighted by Crippen LogP contribution is -2.10. The highest BCUT2D eigenvalue weighted by Gasteiger charge is 2.10. The van der Waals surface area contributed by atoms with Crippen LogP contribution in [-0.2, 0) is 0 Å². The number of nitrogens with zero attached hydrogens (tertiary/aromatic N) is 2. The zero-order chi connectivity index (χ0) is 10.7. The second kappa shape index (κ2) is 4.17. The van der Waals surface area contributed by atoms with Crippen LogP contribution in [0.4, 0.5) is 5.82 Å². The summed E-state index contributed by atoms with van der Waals surface area (Å²) in [5, 5.41) is 10.7. The Bertz CT molecular complexity index is 357. The zero-order valence-corrected chi connectivity index (χ0v) is 9.10. The topological polar surface area (TPSA) is 61.7 Å². The predicted octanol–water partition coefficient (Wildman–Crippen LogP) is 1.91. The standard InChI is InChI=1S/C10H16N4/c1-5-8(11)9-10(12-4)14-7(3)6(2)13-9/h11H,5H2,1-4H3,(H,12,14). The van der Waals surface area contributed by atoms with E-state index in [9.17, 15) is 0 Å². The molecule has 0 amide bonds. The quantitative estimate of drug-likeness (QED) is 0.719. The van der Waals surface area contributed by atoms with Crippen molar-refractivity contribution in [2.75, 3.05) is 12.4 Å². The summed E-state index contributed by atoms with van der Waals surface area (Å²) in [6, 6.07) is 0. The van der Waals surface area contributed by atoms with Gasteiger partial charge in [0.2, 0.25) is 0 Å². The molecule has 0 aliphatic rings. The molecule has 1 rings (SSSR count). The second-order valence-electron chi connectivity index (χ2n) is 3.17. The largest absolute Gasteiger partial charge is 0.371 e. The molecule has 4 heteroatoms. The minimum atomic E-state index is 0.518. The monoisotopic (exact) mass is 192 g/mol. The summed E-state index contributed by atoms with van der Waals surface area (Å²) >= 11 is 0. The van der Waals surface area contributed by atoms with Crippen LogP contribution < -0.4 is 5.32 Å². The first-order valence-corrected chi connectivity index (χ1v) is 4.71. The Kier molecular flexibility index (Phi) is 3.17. The molecule has 0 aromatic carbocycles. The van der Waals surface area contributed by atoms with Gasteiger partial charge in [0.25, 0.3) is 0 Å². The molecular formula is C10H16N4. The highest BCUT2D eigenvalue weighted by molar-refractivity contribution is 6.00. The Labute approximate surface area is 84.3 Å². The van der Waals surface area contributed by atoms with Crippen LogP contribution in [0.5, 0.6) is 0 Å². The molecule has 0 atom stereocenters. The fraction of sp³-hybridized carbons (Fsp3) is 0.500. The van der Waals surface area contributed by atoms with Crippen LogP contribution in [-0.4, -0.2) is 22.7 Å². The maximum Gasteiger partial charge on any atom is 0.153 e. The molecule has 0 spiro atoms. The molecule has 0 radical (unpaired) electrons. The minimum Gasteiger partial charge on any atom is -0.371 e. The van der Waals surface area contributed by atoms with Crippen LogP contribution in [0.15, 0.2) is 0 Å². The van der Waals surface area contributed by atoms with Crippen LogP contribution in [0.25, 0.3) is 0 Å². The number of aromatic nitrogens is 2. The summed E-state index contributed by atoms with van der Waals surface area (Å²) in [5.74, 6) is 0.694. The molecule has 4 nitrogen and oxygen atoms in total. The van der Waals surface area contributed by atoms with Crippen LogP contribution in [0.1, 0.15) is 30.4 Å². The molecule has 76 valence electrons. The Hall–Kier alpha value is -1.45. The lowest BCUT2D eigenvalue weighted by Gasteiger charge is -2.09. The smallest absolute Gasteiger partial charge is 0.153 e. The van der Waals surface area contributed by atoms with Crippen LogP contribution >= 0.6 is 0 Å². The van der Waals surface area contributed by atoms with E-state index >= 15 is 0 Å². The summed E-state index contributed by atoms with van der Waals surface area (Å²) in [4.78, 5) is 8.71. The van der Waals surface area contributed by atoms with Gasteiger partial charge >= 0.3 is 0 Å². The minimum absolute atomic E-state index is 0.518. The van der Waals surface area contributed by atoms with Crippen molar-refractivity contribution < 1.29 is 0 Å². The van der Waals surface area contributed by atoms with Gasteiger partial charge < -0.3 is 10.7 Å². The van der Waals surface area contributed by atoms with Crippen molar-refractivity contribution in [2.45, 2.75) is 27.2 Å². The molecule has 2 N–H and O–H groups in total.